The van der Waals surface area contributed by atoms with Gasteiger partial charge in [-0.25, -0.2) is 0 Å². The maximum absolute atomic E-state index is 12.0. The molecule has 5 atom stereocenters. The van der Waals surface area contributed by atoms with E-state index in [4.69, 9.17) is 10.2 Å². The lowest BCUT2D eigenvalue weighted by atomic mass is 9.90. The molecule has 7 nitrogen and oxygen atoms in total. The van der Waals surface area contributed by atoms with Gasteiger partial charge in [-0.2, -0.15) is 0 Å². The molecular formula is C71H146O7. The Kier molecular flexibility index (Phi) is 91.8. The van der Waals surface area contributed by atoms with Crippen LogP contribution in [0.15, 0.2) is 0 Å². The van der Waals surface area contributed by atoms with Gasteiger partial charge in [0.2, 0.25) is 0 Å². The zero-order valence-electron chi connectivity index (χ0n) is 56.4. The molecule has 0 saturated carbocycles. The van der Waals surface area contributed by atoms with E-state index < -0.39 is 0 Å². The van der Waals surface area contributed by atoms with Gasteiger partial charge < -0.3 is 19.8 Å². The van der Waals surface area contributed by atoms with Gasteiger partial charge in [-0.05, 0) is 108 Å². The molecular weight excluding hydrogens is 965 g/mol. The molecule has 0 bridgehead atoms. The van der Waals surface area contributed by atoms with Gasteiger partial charge in [-0.3, -0.25) is 14.4 Å². The Labute approximate surface area is 491 Å². The number of rotatable bonds is 47. The molecule has 0 aliphatic carbocycles. The van der Waals surface area contributed by atoms with E-state index in [1.165, 1.54) is 174 Å². The van der Waals surface area contributed by atoms with Crippen molar-refractivity contribution in [3.63, 3.8) is 0 Å². The summed E-state index contributed by atoms with van der Waals surface area (Å²) in [5.74, 6) is 5.66. The minimum atomic E-state index is 0.167. The normalized spacial score (nSPS) is 12.2. The first kappa shape index (κ1) is 90.1. The summed E-state index contributed by atoms with van der Waals surface area (Å²) in [6, 6.07) is 0. The molecule has 0 radical (unpaired) electrons. The van der Waals surface area contributed by atoms with Gasteiger partial charge in [-0.15, -0.1) is 0 Å². The summed E-state index contributed by atoms with van der Waals surface area (Å²) in [4.78, 5) is 55.0. The van der Waals surface area contributed by atoms with Crippen molar-refractivity contribution in [3.8, 4) is 0 Å². The molecule has 0 fully saturated rings. The highest BCUT2D eigenvalue weighted by atomic mass is 16.3. The largest absolute Gasteiger partial charge is 0.396 e. The topological polar surface area (TPSA) is 126 Å². The van der Waals surface area contributed by atoms with E-state index in [9.17, 15) is 24.0 Å². The highest BCUT2D eigenvalue weighted by Gasteiger charge is 2.13. The smallest absolute Gasteiger partial charge is 0.132 e. The zero-order valence-corrected chi connectivity index (χ0v) is 56.4. The van der Waals surface area contributed by atoms with E-state index in [1.54, 1.807) is 6.92 Å². The number of ketones is 5. The van der Waals surface area contributed by atoms with Crippen LogP contribution < -0.4 is 0 Å². The Morgan fingerprint density at radius 3 is 0.679 bits per heavy atom. The van der Waals surface area contributed by atoms with Gasteiger partial charge >= 0.3 is 0 Å². The molecule has 472 valence electrons. The van der Waals surface area contributed by atoms with Crippen LogP contribution in [0.3, 0.4) is 0 Å². The summed E-state index contributed by atoms with van der Waals surface area (Å²) in [5.41, 5.74) is 0. The van der Waals surface area contributed by atoms with E-state index in [-0.39, 0.29) is 5.78 Å². The van der Waals surface area contributed by atoms with Gasteiger partial charge in [0.05, 0.1) is 0 Å². The summed E-state index contributed by atoms with van der Waals surface area (Å²) < 4.78 is 0. The van der Waals surface area contributed by atoms with Gasteiger partial charge in [-0.1, -0.05) is 264 Å². The lowest BCUT2D eigenvalue weighted by molar-refractivity contribution is -0.120. The van der Waals surface area contributed by atoms with Crippen LogP contribution in [0.2, 0.25) is 0 Å². The summed E-state index contributed by atoms with van der Waals surface area (Å²) in [7, 11) is 0. The van der Waals surface area contributed by atoms with Gasteiger partial charge in [0, 0.05) is 58.2 Å². The fourth-order valence-electron chi connectivity index (χ4n) is 8.85. The quantitative estimate of drug-likeness (QED) is 0.0581. The van der Waals surface area contributed by atoms with Crippen molar-refractivity contribution in [1.82, 2.24) is 0 Å². The molecule has 0 rings (SSSR count). The first-order valence-corrected chi connectivity index (χ1v) is 34.2. The summed E-state index contributed by atoms with van der Waals surface area (Å²) in [6.07, 6.45) is 48.2. The van der Waals surface area contributed by atoms with Crippen LogP contribution in [0.5, 0.6) is 0 Å². The third-order valence-electron chi connectivity index (χ3n) is 15.1. The van der Waals surface area contributed by atoms with Gasteiger partial charge in [0.25, 0.3) is 0 Å². The van der Waals surface area contributed by atoms with Crippen LogP contribution in [-0.2, 0) is 24.0 Å². The molecule has 5 unspecified atom stereocenters. The first-order valence-electron chi connectivity index (χ1n) is 34.2. The molecule has 0 aliphatic heterocycles. The summed E-state index contributed by atoms with van der Waals surface area (Å²) >= 11 is 0. The van der Waals surface area contributed by atoms with Crippen molar-refractivity contribution in [3.05, 3.63) is 0 Å². The minimum absolute atomic E-state index is 0.167. The molecule has 2 N–H and O–H groups in total. The molecule has 7 heteroatoms. The lowest BCUT2D eigenvalue weighted by Crippen LogP contribution is -2.07. The Hall–Kier alpha value is -1.73. The molecule has 0 saturated heterocycles. The second-order valence-corrected chi connectivity index (χ2v) is 23.1. The highest BCUT2D eigenvalue weighted by molar-refractivity contribution is 5.79. The lowest BCUT2D eigenvalue weighted by Gasteiger charge is -2.15. The number of carbonyl (C=O) groups excluding carboxylic acids is 5. The van der Waals surface area contributed by atoms with Crippen LogP contribution in [-0.4, -0.2) is 52.3 Å². The molecule has 0 aliphatic rings. The first-order chi connectivity index (χ1) is 37.4. The summed E-state index contributed by atoms with van der Waals surface area (Å²) in [5, 5.41) is 16.8. The molecule has 0 aromatic heterocycles. The average Bonchev–Trinajstić information content (AvgIpc) is 3.42. The van der Waals surface area contributed by atoms with Crippen molar-refractivity contribution < 1.29 is 34.2 Å². The van der Waals surface area contributed by atoms with Crippen molar-refractivity contribution >= 4 is 28.9 Å². The second-order valence-electron chi connectivity index (χ2n) is 23.1. The Morgan fingerprint density at radius 2 is 0.487 bits per heavy atom. The maximum Gasteiger partial charge on any atom is 0.132 e. The molecule has 0 heterocycles. The van der Waals surface area contributed by atoms with Crippen LogP contribution >= 0.6 is 0 Å². The van der Waals surface area contributed by atoms with Crippen LogP contribution in [0, 0.1) is 29.6 Å². The van der Waals surface area contributed by atoms with E-state index in [0.29, 0.717) is 42.3 Å². The van der Waals surface area contributed by atoms with E-state index >= 15 is 0 Å². The predicted octanol–water partition coefficient (Wildman–Crippen LogP) is 22.5. The second kappa shape index (κ2) is 79.5. The zero-order chi connectivity index (χ0) is 60.9. The number of Topliss-reactive ketones (excluding diaryl/α,β-unsaturated/α-hetero) is 5. The SMILES string of the molecule is CC(C)=O.CCCCC(CC)CCC(=O)CCC(CC)CCCC.CCCCC(CC)CCC(C)=O.CCCCC(CC)CO.CCCCCC(=O)CCC(CC)CCCC.CCCCCC(=O)CCCCC.CCCCO. The Morgan fingerprint density at radius 1 is 0.269 bits per heavy atom. The van der Waals surface area contributed by atoms with Gasteiger partial charge in [0.15, 0.2) is 0 Å². The number of carbonyl (C=O) groups is 5. The summed E-state index contributed by atoms with van der Waals surface area (Å²) in [6.45, 7) is 36.3. The highest BCUT2D eigenvalue weighted by Crippen LogP contribution is 2.23. The van der Waals surface area contributed by atoms with Crippen LogP contribution in [0.25, 0.3) is 0 Å². The molecule has 0 amide bonds. The van der Waals surface area contributed by atoms with Crippen molar-refractivity contribution in [2.45, 2.75) is 387 Å². The average molecular weight is 1110 g/mol. The Balaban J connectivity index is -0.000000158. The fourth-order valence-corrected chi connectivity index (χ4v) is 8.85. The number of aliphatic hydroxyl groups is 2. The van der Waals surface area contributed by atoms with Crippen molar-refractivity contribution in [2.24, 2.45) is 29.6 Å². The van der Waals surface area contributed by atoms with E-state index in [0.717, 1.165) is 133 Å². The predicted molar refractivity (Wildman–Crippen MR) is 347 cm³/mol. The number of hydrogen-bond donors (Lipinski definition) is 2. The minimum Gasteiger partial charge on any atom is -0.396 e. The molecule has 0 spiro atoms. The number of aliphatic hydroxyl groups excluding tert-OH is 2. The van der Waals surface area contributed by atoms with Crippen LogP contribution in [0.1, 0.15) is 387 Å². The van der Waals surface area contributed by atoms with Crippen LogP contribution in [0.4, 0.5) is 0 Å². The van der Waals surface area contributed by atoms with E-state index in [2.05, 4.69) is 96.9 Å². The maximum atomic E-state index is 12.0. The van der Waals surface area contributed by atoms with Crippen molar-refractivity contribution in [2.75, 3.05) is 13.2 Å². The standard InChI is InChI=1S/C19H38O.C15H30O.2C11H22O.C8H18O.C4H10O.C3H6O/c1-5-9-11-17(7-3)13-15-19(20)16-14-18(8-4)12-10-6-2;1-4-7-9-11-15(16)13-12-14(6-3)10-8-5-2;1-4-6-7-11(5-2)9-8-10(3)12;1-3-5-7-9-11(12)10-8-6-4-2;1-3-5-6-8(4-2)7-9;1-2-3-4-5;1-3(2)4/h17-18H,5-16H2,1-4H3;14H,4-13H2,1-3H3;11H,4-9H2,1-3H3;3-10H2,1-2H3;8-9H,3-7H2,1-2H3;5H,2-4H2,1H3;1-2H3. The molecule has 0 aromatic carbocycles. The third kappa shape index (κ3) is 88.1. The monoisotopic (exact) mass is 1110 g/mol. The van der Waals surface area contributed by atoms with Gasteiger partial charge in [0.1, 0.15) is 28.9 Å². The fraction of sp³-hybridized carbons (Fsp3) is 0.930. The number of hydrogen-bond acceptors (Lipinski definition) is 7. The molecule has 78 heavy (non-hydrogen) atoms. The Bertz CT molecular complexity index is 1120. The number of unbranched alkanes of at least 4 members (excludes halogenated alkanes) is 12. The van der Waals surface area contributed by atoms with E-state index in [1.807, 2.05) is 0 Å². The molecule has 0 aromatic rings. The third-order valence-corrected chi connectivity index (χ3v) is 15.1. The van der Waals surface area contributed by atoms with Crippen molar-refractivity contribution in [1.29, 1.82) is 0 Å².